The quantitative estimate of drug-likeness (QED) is 0.609. The minimum Gasteiger partial charge on any atom is -0.457 e. The number of halogens is 1. The summed E-state index contributed by atoms with van der Waals surface area (Å²) in [5.74, 6) is 1.92. The highest BCUT2D eigenvalue weighted by molar-refractivity contribution is 5.70. The van der Waals surface area contributed by atoms with E-state index < -0.39 is 0 Å². The normalized spacial score (nSPS) is 10.9. The van der Waals surface area contributed by atoms with Crippen LogP contribution in [0.2, 0.25) is 0 Å². The molecule has 3 rings (SSSR count). The molecule has 124 valence electrons. The maximum absolute atomic E-state index is 13.5. The molecule has 24 heavy (non-hydrogen) atoms. The van der Waals surface area contributed by atoms with Gasteiger partial charge in [-0.05, 0) is 81.1 Å². The lowest BCUT2D eigenvalue weighted by molar-refractivity contribution is 0.393. The molecule has 0 aliphatic heterocycles. The van der Waals surface area contributed by atoms with Crippen molar-refractivity contribution in [2.45, 2.75) is 34.6 Å². The third-order valence-corrected chi connectivity index (χ3v) is 4.02. The lowest BCUT2D eigenvalue weighted by Crippen LogP contribution is -1.94. The Morgan fingerprint density at radius 2 is 1.58 bits per heavy atom. The fourth-order valence-corrected chi connectivity index (χ4v) is 3.02. The molecule has 1 heterocycles. The molecule has 0 saturated heterocycles. The fraction of sp³-hybridized carbons (Fsp3) is 0.250. The molecule has 0 spiro atoms. The number of hydrogen-bond acceptors (Lipinski definition) is 3. The zero-order valence-corrected chi connectivity index (χ0v) is 14.5. The number of aromatic nitrogens is 1. The van der Waals surface area contributed by atoms with Crippen LogP contribution in [0.5, 0.6) is 11.5 Å². The van der Waals surface area contributed by atoms with E-state index in [0.717, 1.165) is 39.3 Å². The summed E-state index contributed by atoms with van der Waals surface area (Å²) in [6.45, 7) is 9.52. The van der Waals surface area contributed by atoms with Crippen molar-refractivity contribution in [1.82, 2.24) is 5.16 Å². The van der Waals surface area contributed by atoms with E-state index in [1.807, 2.05) is 46.8 Å². The Bertz CT molecular complexity index is 869. The molecule has 0 radical (unpaired) electrons. The van der Waals surface area contributed by atoms with Gasteiger partial charge in [0.15, 0.2) is 0 Å². The van der Waals surface area contributed by atoms with Crippen LogP contribution in [-0.2, 0) is 0 Å². The largest absolute Gasteiger partial charge is 0.457 e. The molecule has 0 amide bonds. The molecule has 0 atom stereocenters. The maximum Gasteiger partial charge on any atom is 0.141 e. The summed E-state index contributed by atoms with van der Waals surface area (Å²) in [4.78, 5) is 0. The van der Waals surface area contributed by atoms with Crippen LogP contribution in [0.4, 0.5) is 4.39 Å². The highest BCUT2D eigenvalue weighted by atomic mass is 19.1. The first-order valence-corrected chi connectivity index (χ1v) is 7.84. The van der Waals surface area contributed by atoms with Gasteiger partial charge in [0.2, 0.25) is 0 Å². The molecule has 0 N–H and O–H groups in total. The molecule has 3 aromatic rings. The second-order valence-corrected chi connectivity index (χ2v) is 6.20. The predicted octanol–water partition coefficient (Wildman–Crippen LogP) is 5.82. The van der Waals surface area contributed by atoms with E-state index in [4.69, 9.17) is 9.26 Å². The van der Waals surface area contributed by atoms with Crippen LogP contribution in [0.3, 0.4) is 0 Å². The first kappa shape index (κ1) is 16.2. The van der Waals surface area contributed by atoms with Crippen LogP contribution in [0.15, 0.2) is 34.9 Å². The summed E-state index contributed by atoms with van der Waals surface area (Å²) in [5.41, 5.74) is 5.44. The molecular weight excluding hydrogens is 305 g/mol. The SMILES string of the molecule is Cc1cc(Oc2c(C)cc(F)cc2C)cc(-c2c(C)noc2C)c1. The lowest BCUT2D eigenvalue weighted by Gasteiger charge is -2.14. The second kappa shape index (κ2) is 6.11. The summed E-state index contributed by atoms with van der Waals surface area (Å²) >= 11 is 0. The predicted molar refractivity (Wildman–Crippen MR) is 92.1 cm³/mol. The van der Waals surface area contributed by atoms with Crippen LogP contribution in [0.25, 0.3) is 11.1 Å². The summed E-state index contributed by atoms with van der Waals surface area (Å²) in [6, 6.07) is 8.95. The van der Waals surface area contributed by atoms with E-state index in [9.17, 15) is 4.39 Å². The van der Waals surface area contributed by atoms with Crippen molar-refractivity contribution in [2.75, 3.05) is 0 Å². The van der Waals surface area contributed by atoms with Crippen molar-refractivity contribution >= 4 is 0 Å². The van der Waals surface area contributed by atoms with Gasteiger partial charge in [0.1, 0.15) is 23.1 Å². The van der Waals surface area contributed by atoms with Gasteiger partial charge < -0.3 is 9.26 Å². The van der Waals surface area contributed by atoms with Crippen LogP contribution < -0.4 is 4.74 Å². The van der Waals surface area contributed by atoms with Gasteiger partial charge in [-0.3, -0.25) is 0 Å². The Morgan fingerprint density at radius 1 is 0.917 bits per heavy atom. The minimum atomic E-state index is -0.252. The number of rotatable bonds is 3. The number of hydrogen-bond donors (Lipinski definition) is 0. The van der Waals surface area contributed by atoms with Crippen molar-refractivity contribution in [1.29, 1.82) is 0 Å². The molecule has 2 aromatic carbocycles. The number of aryl methyl sites for hydroxylation is 5. The average molecular weight is 325 g/mol. The van der Waals surface area contributed by atoms with Gasteiger partial charge in [-0.2, -0.15) is 0 Å². The van der Waals surface area contributed by atoms with Crippen molar-refractivity contribution in [3.63, 3.8) is 0 Å². The topological polar surface area (TPSA) is 35.3 Å². The Hall–Kier alpha value is -2.62. The number of ether oxygens (including phenoxy) is 1. The summed E-state index contributed by atoms with van der Waals surface area (Å²) < 4.78 is 24.8. The summed E-state index contributed by atoms with van der Waals surface area (Å²) in [6.07, 6.45) is 0. The Balaban J connectivity index is 2.05. The maximum atomic E-state index is 13.5. The monoisotopic (exact) mass is 325 g/mol. The van der Waals surface area contributed by atoms with E-state index in [0.29, 0.717) is 11.5 Å². The molecule has 0 unspecified atom stereocenters. The van der Waals surface area contributed by atoms with Crippen molar-refractivity contribution in [2.24, 2.45) is 0 Å². The van der Waals surface area contributed by atoms with Gasteiger partial charge in [0.25, 0.3) is 0 Å². The van der Waals surface area contributed by atoms with E-state index in [1.54, 1.807) is 0 Å². The standard InChI is InChI=1S/C20H20FNO2/c1-11-6-16(19-14(4)22-24-15(19)5)10-18(7-11)23-20-12(2)8-17(21)9-13(20)3/h6-10H,1-5H3. The Labute approximate surface area is 141 Å². The van der Waals surface area contributed by atoms with Gasteiger partial charge in [-0.15, -0.1) is 0 Å². The van der Waals surface area contributed by atoms with Gasteiger partial charge in [0.05, 0.1) is 5.69 Å². The smallest absolute Gasteiger partial charge is 0.141 e. The second-order valence-electron chi connectivity index (χ2n) is 6.20. The first-order valence-electron chi connectivity index (χ1n) is 7.84. The van der Waals surface area contributed by atoms with E-state index >= 15 is 0 Å². The lowest BCUT2D eigenvalue weighted by atomic mass is 10.0. The van der Waals surface area contributed by atoms with Gasteiger partial charge in [-0.25, -0.2) is 4.39 Å². The van der Waals surface area contributed by atoms with Crippen molar-refractivity contribution in [3.8, 4) is 22.6 Å². The molecule has 4 heteroatoms. The zero-order valence-electron chi connectivity index (χ0n) is 14.5. The van der Waals surface area contributed by atoms with Crippen LogP contribution >= 0.6 is 0 Å². The molecule has 0 aliphatic carbocycles. The van der Waals surface area contributed by atoms with Gasteiger partial charge >= 0.3 is 0 Å². The Morgan fingerprint density at radius 3 is 2.17 bits per heavy atom. The third-order valence-electron chi connectivity index (χ3n) is 4.02. The number of nitrogens with zero attached hydrogens (tertiary/aromatic N) is 1. The van der Waals surface area contributed by atoms with Crippen molar-refractivity contribution < 1.29 is 13.7 Å². The van der Waals surface area contributed by atoms with E-state index in [-0.39, 0.29) is 5.82 Å². The molecule has 0 bridgehead atoms. The molecular formula is C20H20FNO2. The number of benzene rings is 2. The molecule has 1 aromatic heterocycles. The highest BCUT2D eigenvalue weighted by Gasteiger charge is 2.14. The molecule has 3 nitrogen and oxygen atoms in total. The zero-order chi connectivity index (χ0) is 17.4. The average Bonchev–Trinajstić information content (AvgIpc) is 2.81. The van der Waals surface area contributed by atoms with E-state index in [1.165, 1.54) is 12.1 Å². The Kier molecular flexibility index (Phi) is 4.14. The third kappa shape index (κ3) is 3.04. The van der Waals surface area contributed by atoms with E-state index in [2.05, 4.69) is 11.2 Å². The van der Waals surface area contributed by atoms with Gasteiger partial charge in [-0.1, -0.05) is 11.2 Å². The van der Waals surface area contributed by atoms with Crippen LogP contribution in [0, 0.1) is 40.4 Å². The minimum absolute atomic E-state index is 0.252. The van der Waals surface area contributed by atoms with Crippen LogP contribution in [0.1, 0.15) is 28.1 Å². The van der Waals surface area contributed by atoms with Crippen LogP contribution in [-0.4, -0.2) is 5.16 Å². The first-order chi connectivity index (χ1) is 11.3. The molecule has 0 fully saturated rings. The fourth-order valence-electron chi connectivity index (χ4n) is 3.02. The highest BCUT2D eigenvalue weighted by Crippen LogP contribution is 2.34. The summed E-state index contributed by atoms with van der Waals surface area (Å²) in [5, 5.41) is 4.02. The summed E-state index contributed by atoms with van der Waals surface area (Å²) in [7, 11) is 0. The van der Waals surface area contributed by atoms with Gasteiger partial charge in [0, 0.05) is 5.56 Å². The molecule has 0 aliphatic rings. The molecule has 0 saturated carbocycles. The van der Waals surface area contributed by atoms with Crippen molar-refractivity contribution in [3.05, 3.63) is 64.3 Å².